The van der Waals surface area contributed by atoms with Gasteiger partial charge in [-0.15, -0.1) is 0 Å². The van der Waals surface area contributed by atoms with Gasteiger partial charge in [0.05, 0.1) is 5.60 Å². The third kappa shape index (κ3) is 4.91. The number of benzene rings is 1. The third-order valence-electron chi connectivity index (χ3n) is 9.48. The number of aromatic hydroxyl groups is 1. The summed E-state index contributed by atoms with van der Waals surface area (Å²) < 4.78 is 0. The van der Waals surface area contributed by atoms with Gasteiger partial charge in [0.1, 0.15) is 11.3 Å². The summed E-state index contributed by atoms with van der Waals surface area (Å²) in [6, 6.07) is 6.87. The van der Waals surface area contributed by atoms with Crippen LogP contribution < -0.4 is 10.9 Å². The van der Waals surface area contributed by atoms with Crippen LogP contribution in [0.25, 0.3) is 0 Å². The van der Waals surface area contributed by atoms with Gasteiger partial charge in [-0.3, -0.25) is 9.59 Å². The zero-order chi connectivity index (χ0) is 27.7. The maximum absolute atomic E-state index is 13.1. The molecule has 38 heavy (non-hydrogen) atoms. The highest BCUT2D eigenvalue weighted by molar-refractivity contribution is 5.94. The fraction of sp³-hybridized carbons (Fsp3) is 0.613. The number of phenolic OH excluding ortho intramolecular Hbond substituents is 1. The molecule has 0 spiro atoms. The van der Waals surface area contributed by atoms with Crippen LogP contribution in [0, 0.1) is 12.8 Å². The van der Waals surface area contributed by atoms with E-state index in [1.54, 1.807) is 18.2 Å². The number of aromatic nitrogens is 1. The number of nitrogens with zero attached hydrogens (tertiary/aromatic N) is 1. The molecule has 0 radical (unpaired) electrons. The number of carbonyl (C=O) groups excluding carboxylic acids is 1. The molecule has 4 N–H and O–H groups in total. The first-order valence-corrected chi connectivity index (χ1v) is 14.4. The summed E-state index contributed by atoms with van der Waals surface area (Å²) >= 11 is 0. The molecule has 1 aromatic carbocycles. The fourth-order valence-corrected chi connectivity index (χ4v) is 7.10. The van der Waals surface area contributed by atoms with E-state index >= 15 is 0 Å². The maximum Gasteiger partial charge on any atom is 0.261 e. The number of fused-ring (bicyclic) bond motifs is 2. The number of H-pyrrole nitrogens is 1. The molecule has 3 aliphatic rings. The molecule has 1 aliphatic heterocycles. The number of hydrogen-bond donors (Lipinski definition) is 4. The Bertz CT molecular complexity index is 1220. The number of aromatic amines is 1. The summed E-state index contributed by atoms with van der Waals surface area (Å²) in [4.78, 5) is 31.3. The van der Waals surface area contributed by atoms with E-state index in [2.05, 4.69) is 15.2 Å². The van der Waals surface area contributed by atoms with Crippen LogP contribution in [0.5, 0.6) is 5.75 Å². The van der Waals surface area contributed by atoms with Gasteiger partial charge in [-0.25, -0.2) is 0 Å². The summed E-state index contributed by atoms with van der Waals surface area (Å²) in [6.07, 6.45) is 7.36. The number of aryl methyl sites for hydroxylation is 1. The minimum atomic E-state index is -1.14. The van der Waals surface area contributed by atoms with E-state index in [-0.39, 0.29) is 28.8 Å². The van der Waals surface area contributed by atoms with Crippen molar-refractivity contribution in [1.29, 1.82) is 0 Å². The highest BCUT2D eigenvalue weighted by Gasteiger charge is 2.60. The van der Waals surface area contributed by atoms with Crippen LogP contribution in [0.1, 0.15) is 92.0 Å². The van der Waals surface area contributed by atoms with Crippen molar-refractivity contribution in [3.63, 3.8) is 0 Å². The van der Waals surface area contributed by atoms with E-state index < -0.39 is 11.0 Å². The van der Waals surface area contributed by atoms with Crippen LogP contribution in [0.3, 0.4) is 0 Å². The van der Waals surface area contributed by atoms with Gasteiger partial charge in [-0.05, 0) is 87.5 Å². The Kier molecular flexibility index (Phi) is 8.38. The van der Waals surface area contributed by atoms with Crippen LogP contribution >= 0.6 is 0 Å². The molecular weight excluding hydrogens is 478 g/mol. The van der Waals surface area contributed by atoms with Gasteiger partial charge < -0.3 is 25.4 Å². The Labute approximate surface area is 226 Å². The molecule has 2 aliphatic carbocycles. The summed E-state index contributed by atoms with van der Waals surface area (Å²) in [7, 11) is 2.02. The van der Waals surface area contributed by atoms with Gasteiger partial charge in [-0.2, -0.15) is 0 Å². The van der Waals surface area contributed by atoms with E-state index in [9.17, 15) is 19.8 Å². The van der Waals surface area contributed by atoms with Gasteiger partial charge in [0, 0.05) is 36.5 Å². The number of pyridine rings is 1. The van der Waals surface area contributed by atoms with Crippen LogP contribution in [0.2, 0.25) is 0 Å². The zero-order valence-electron chi connectivity index (χ0n) is 23.7. The summed E-state index contributed by atoms with van der Waals surface area (Å²) in [6.45, 7) is 9.44. The number of rotatable bonds is 4. The molecular formula is C31H45N3O4. The SMILES string of the molecule is CC.Cc1ccc(O)cc1C12CCN(C)C(C)C1(O)Cc1cc(C(=O)NCC3CCCCC3)c(=O)[nH]c1C2. The van der Waals surface area contributed by atoms with Crippen molar-refractivity contribution >= 4 is 5.91 Å². The fourth-order valence-electron chi connectivity index (χ4n) is 7.10. The minimum Gasteiger partial charge on any atom is -0.508 e. The molecule has 2 aromatic rings. The minimum absolute atomic E-state index is 0.117. The highest BCUT2D eigenvalue weighted by atomic mass is 16.3. The largest absolute Gasteiger partial charge is 0.508 e. The van der Waals surface area contributed by atoms with Gasteiger partial charge in [-0.1, -0.05) is 39.2 Å². The van der Waals surface area contributed by atoms with E-state index in [1.165, 1.54) is 19.3 Å². The quantitative estimate of drug-likeness (QED) is 0.480. The van der Waals surface area contributed by atoms with E-state index in [0.717, 1.165) is 41.8 Å². The molecule has 208 valence electrons. The molecule has 7 heteroatoms. The van der Waals surface area contributed by atoms with Crippen molar-refractivity contribution in [1.82, 2.24) is 15.2 Å². The number of piperidine rings is 1. The van der Waals surface area contributed by atoms with Crippen LogP contribution in [-0.2, 0) is 18.3 Å². The molecule has 3 unspecified atom stereocenters. The van der Waals surface area contributed by atoms with Crippen molar-refractivity contribution in [2.75, 3.05) is 20.1 Å². The molecule has 1 saturated heterocycles. The molecule has 7 nitrogen and oxygen atoms in total. The Balaban J connectivity index is 0.00000164. The average Bonchev–Trinajstić information content (AvgIpc) is 2.92. The monoisotopic (exact) mass is 523 g/mol. The first-order valence-electron chi connectivity index (χ1n) is 14.4. The predicted octanol–water partition coefficient (Wildman–Crippen LogP) is 4.22. The van der Waals surface area contributed by atoms with Gasteiger partial charge in [0.2, 0.25) is 0 Å². The molecule has 3 atom stereocenters. The summed E-state index contributed by atoms with van der Waals surface area (Å²) in [5.41, 5.74) is 1.44. The number of phenols is 1. The highest BCUT2D eigenvalue weighted by Crippen LogP contribution is 2.53. The number of amides is 1. The second-order valence-electron chi connectivity index (χ2n) is 11.5. The van der Waals surface area contributed by atoms with Gasteiger partial charge >= 0.3 is 0 Å². The first-order chi connectivity index (χ1) is 18.1. The van der Waals surface area contributed by atoms with Crippen molar-refractivity contribution < 1.29 is 15.0 Å². The Hall–Kier alpha value is -2.64. The lowest BCUT2D eigenvalue weighted by Gasteiger charge is -2.59. The molecule has 5 rings (SSSR count). The molecule has 1 saturated carbocycles. The predicted molar refractivity (Wildman–Crippen MR) is 151 cm³/mol. The number of likely N-dealkylation sites (tertiary alicyclic amines) is 1. The molecule has 2 heterocycles. The maximum atomic E-state index is 13.1. The second-order valence-corrected chi connectivity index (χ2v) is 11.5. The summed E-state index contributed by atoms with van der Waals surface area (Å²) in [5.74, 6) is 0.305. The standard InChI is InChI=1S/C29H39N3O4.C2H6/c1-18-9-10-22(33)14-24(18)28-11-12-32(3)19(2)29(28,36)15-21-13-23(27(35)31-25(21)16-28)26(34)30-17-20-7-5-4-6-8-20;1-2/h9-10,13-14,19-20,33,36H,4-8,11-12,15-17H2,1-3H3,(H,30,34)(H,31,35);1-2H3. The smallest absolute Gasteiger partial charge is 0.261 e. The van der Waals surface area contributed by atoms with Crippen LogP contribution in [0.4, 0.5) is 0 Å². The normalized spacial score (nSPS) is 27.5. The van der Waals surface area contributed by atoms with Crippen molar-refractivity contribution in [2.45, 2.75) is 96.1 Å². The number of carbonyl (C=O) groups is 1. The topological polar surface area (TPSA) is 106 Å². The number of hydrogen-bond acceptors (Lipinski definition) is 5. The van der Waals surface area contributed by atoms with E-state index in [4.69, 9.17) is 0 Å². The van der Waals surface area contributed by atoms with Crippen LogP contribution in [0.15, 0.2) is 29.1 Å². The zero-order valence-corrected chi connectivity index (χ0v) is 23.7. The Morgan fingerprint density at radius 1 is 1.16 bits per heavy atom. The molecule has 2 fully saturated rings. The van der Waals surface area contributed by atoms with Gasteiger partial charge in [0.15, 0.2) is 0 Å². The lowest BCUT2D eigenvalue weighted by Crippen LogP contribution is -2.70. The lowest BCUT2D eigenvalue weighted by atomic mass is 9.53. The average molecular weight is 524 g/mol. The molecule has 0 bridgehead atoms. The Morgan fingerprint density at radius 3 is 2.58 bits per heavy atom. The van der Waals surface area contributed by atoms with Crippen molar-refractivity contribution in [3.8, 4) is 5.75 Å². The number of likely N-dealkylation sites (N-methyl/N-ethyl adjacent to an activating group) is 1. The lowest BCUT2D eigenvalue weighted by molar-refractivity contribution is -0.132. The first kappa shape index (κ1) is 28.4. The van der Waals surface area contributed by atoms with Crippen LogP contribution in [-0.4, -0.2) is 57.8 Å². The Morgan fingerprint density at radius 2 is 1.87 bits per heavy atom. The van der Waals surface area contributed by atoms with Gasteiger partial charge in [0.25, 0.3) is 11.5 Å². The van der Waals surface area contributed by atoms with E-state index in [0.29, 0.717) is 31.7 Å². The third-order valence-corrected chi connectivity index (χ3v) is 9.48. The molecule has 1 amide bonds. The van der Waals surface area contributed by atoms with Crippen molar-refractivity contribution in [3.05, 3.63) is 62.6 Å². The van der Waals surface area contributed by atoms with E-state index in [1.807, 2.05) is 40.8 Å². The number of aliphatic hydroxyl groups is 1. The number of nitrogens with one attached hydrogen (secondary N) is 2. The molecule has 1 aromatic heterocycles. The van der Waals surface area contributed by atoms with Crippen molar-refractivity contribution in [2.24, 2.45) is 5.92 Å². The second kappa shape index (κ2) is 11.2. The summed E-state index contributed by atoms with van der Waals surface area (Å²) in [5, 5.41) is 25.8.